The molecule has 3 atom stereocenters. The first-order valence-corrected chi connectivity index (χ1v) is 9.94. The molecule has 2 aromatic rings. The van der Waals surface area contributed by atoms with Crippen molar-refractivity contribution < 1.29 is 19.5 Å². The fourth-order valence-electron chi connectivity index (χ4n) is 3.77. The maximum Gasteiger partial charge on any atom is 0.307 e. The normalized spacial score (nSPS) is 22.1. The molecule has 0 saturated heterocycles. The van der Waals surface area contributed by atoms with Crippen LogP contribution in [0.3, 0.4) is 0 Å². The molecule has 2 amide bonds. The van der Waals surface area contributed by atoms with E-state index in [1.54, 1.807) is 6.07 Å². The molecule has 1 aromatic heterocycles. The number of carboxylic acid groups (broad SMARTS) is 1. The Morgan fingerprint density at radius 3 is 2.66 bits per heavy atom. The minimum atomic E-state index is -0.929. The number of aromatic amines is 1. The summed E-state index contributed by atoms with van der Waals surface area (Å²) in [5.74, 6) is -2.32. The number of aromatic nitrogens is 2. The van der Waals surface area contributed by atoms with Crippen molar-refractivity contribution in [3.8, 4) is 0 Å². The number of fused-ring (bicyclic) bond motifs is 1. The molecule has 8 nitrogen and oxygen atoms in total. The summed E-state index contributed by atoms with van der Waals surface area (Å²) in [7, 11) is 0. The molecule has 0 bridgehead atoms. The molecule has 2 aliphatic rings. The van der Waals surface area contributed by atoms with Gasteiger partial charge in [0.05, 0.1) is 17.5 Å². The molecule has 4 N–H and O–H groups in total. The second-order valence-electron chi connectivity index (χ2n) is 7.55. The Labute approximate surface area is 172 Å². The van der Waals surface area contributed by atoms with E-state index < -0.39 is 17.8 Å². The number of imidazole rings is 1. The van der Waals surface area contributed by atoms with Crippen molar-refractivity contribution in [2.45, 2.75) is 38.6 Å². The largest absolute Gasteiger partial charge is 0.481 e. The van der Waals surface area contributed by atoms with E-state index in [0.717, 1.165) is 16.8 Å². The number of aryl methyl sites for hydroxylation is 1. The molecule has 152 valence electrons. The second kappa shape index (κ2) is 7.51. The minimum absolute atomic E-state index is 0.0720. The Kier molecular flexibility index (Phi) is 5.04. The number of amides is 2. The van der Waals surface area contributed by atoms with Crippen LogP contribution in [0, 0.1) is 11.8 Å². The molecule has 1 saturated carbocycles. The molecule has 9 heteroatoms. The predicted octanol–water partition coefficient (Wildman–Crippen LogP) is 2.18. The summed E-state index contributed by atoms with van der Waals surface area (Å²) in [6, 6.07) is 5.55. The van der Waals surface area contributed by atoms with Crippen LogP contribution < -0.4 is 10.6 Å². The molecule has 4 rings (SSSR count). The van der Waals surface area contributed by atoms with Crippen molar-refractivity contribution in [1.29, 1.82) is 0 Å². The van der Waals surface area contributed by atoms with Crippen molar-refractivity contribution in [3.05, 3.63) is 46.0 Å². The van der Waals surface area contributed by atoms with Crippen LogP contribution in [0.25, 0.3) is 0 Å². The van der Waals surface area contributed by atoms with Crippen molar-refractivity contribution >= 4 is 35.1 Å². The van der Waals surface area contributed by atoms with E-state index in [4.69, 9.17) is 16.7 Å². The van der Waals surface area contributed by atoms with E-state index in [2.05, 4.69) is 20.6 Å². The van der Waals surface area contributed by atoms with Crippen LogP contribution in [0.1, 0.15) is 40.8 Å². The second-order valence-corrected chi connectivity index (χ2v) is 7.90. The summed E-state index contributed by atoms with van der Waals surface area (Å²) in [5.41, 5.74) is 3.52. The molecule has 3 unspecified atom stereocenters. The van der Waals surface area contributed by atoms with Gasteiger partial charge < -0.3 is 20.7 Å². The number of hydrogen-bond acceptors (Lipinski definition) is 4. The zero-order chi connectivity index (χ0) is 20.7. The molecular weight excluding hydrogens is 396 g/mol. The lowest BCUT2D eigenvalue weighted by Crippen LogP contribution is -2.35. The number of aliphatic carboxylic acids is 1. The third kappa shape index (κ3) is 3.98. The number of carbonyl (C=O) groups is 3. The highest BCUT2D eigenvalue weighted by Crippen LogP contribution is 2.39. The number of nitrogens with one attached hydrogen (secondary N) is 3. The highest BCUT2D eigenvalue weighted by Gasteiger charge is 2.48. The lowest BCUT2D eigenvalue weighted by atomic mass is 10.1. The van der Waals surface area contributed by atoms with E-state index in [1.165, 1.54) is 0 Å². The maximum absolute atomic E-state index is 12.4. The van der Waals surface area contributed by atoms with Crippen LogP contribution in [0.5, 0.6) is 0 Å². The molecule has 0 spiro atoms. The molecule has 1 aromatic carbocycles. The quantitative estimate of drug-likeness (QED) is 0.574. The highest BCUT2D eigenvalue weighted by atomic mass is 35.5. The third-order valence-electron chi connectivity index (χ3n) is 5.48. The molecule has 2 aliphatic carbocycles. The summed E-state index contributed by atoms with van der Waals surface area (Å²) in [4.78, 5) is 42.5. The van der Waals surface area contributed by atoms with Crippen LogP contribution in [-0.4, -0.2) is 38.9 Å². The van der Waals surface area contributed by atoms with Gasteiger partial charge in [-0.15, -0.1) is 0 Å². The number of carboxylic acids is 1. The fourth-order valence-corrected chi connectivity index (χ4v) is 4.04. The number of nitrogens with zero attached hydrogens (tertiary/aromatic N) is 1. The summed E-state index contributed by atoms with van der Waals surface area (Å²) < 4.78 is 0. The molecule has 29 heavy (non-hydrogen) atoms. The van der Waals surface area contributed by atoms with E-state index in [9.17, 15) is 14.4 Å². The number of carbonyl (C=O) groups excluding carboxylic acids is 2. The number of hydrogen-bond donors (Lipinski definition) is 4. The predicted molar refractivity (Wildman–Crippen MR) is 106 cm³/mol. The van der Waals surface area contributed by atoms with E-state index >= 15 is 0 Å². The minimum Gasteiger partial charge on any atom is -0.481 e. The first-order chi connectivity index (χ1) is 13.9. The van der Waals surface area contributed by atoms with Crippen molar-refractivity contribution in [1.82, 2.24) is 15.3 Å². The smallest absolute Gasteiger partial charge is 0.307 e. The van der Waals surface area contributed by atoms with Gasteiger partial charge in [-0.2, -0.15) is 0 Å². The van der Waals surface area contributed by atoms with Gasteiger partial charge in [0.2, 0.25) is 5.91 Å². The van der Waals surface area contributed by atoms with Crippen LogP contribution in [0.4, 0.5) is 5.69 Å². The lowest BCUT2D eigenvalue weighted by Gasteiger charge is -2.10. The number of rotatable bonds is 6. The summed E-state index contributed by atoms with van der Waals surface area (Å²) in [6.45, 7) is 1.93. The average molecular weight is 417 g/mol. The first-order valence-electron chi connectivity index (χ1n) is 9.56. The number of benzene rings is 1. The third-order valence-corrected chi connectivity index (χ3v) is 5.80. The van der Waals surface area contributed by atoms with Gasteiger partial charge in [0, 0.05) is 11.7 Å². The van der Waals surface area contributed by atoms with Gasteiger partial charge in [0.15, 0.2) is 11.0 Å². The van der Waals surface area contributed by atoms with Gasteiger partial charge in [-0.25, -0.2) is 4.98 Å². The number of H-pyrrole nitrogens is 1. The number of anilines is 1. The molecule has 1 heterocycles. The van der Waals surface area contributed by atoms with Gasteiger partial charge in [0.25, 0.3) is 5.91 Å². The maximum atomic E-state index is 12.4. The highest BCUT2D eigenvalue weighted by molar-refractivity contribution is 6.30. The van der Waals surface area contributed by atoms with Crippen molar-refractivity contribution in [3.63, 3.8) is 0 Å². The van der Waals surface area contributed by atoms with E-state index in [0.29, 0.717) is 36.5 Å². The summed E-state index contributed by atoms with van der Waals surface area (Å²) in [6.07, 6.45) is 2.38. The summed E-state index contributed by atoms with van der Waals surface area (Å²) in [5, 5.41) is 15.0. The van der Waals surface area contributed by atoms with Gasteiger partial charge >= 0.3 is 5.97 Å². The Morgan fingerprint density at radius 2 is 2.00 bits per heavy atom. The molecule has 1 fully saturated rings. The van der Waals surface area contributed by atoms with Crippen molar-refractivity contribution in [2.75, 3.05) is 5.32 Å². The molecular formula is C20H21ClN4O4. The zero-order valence-corrected chi connectivity index (χ0v) is 16.5. The standard InChI is InChI=1S/C20H21ClN4O4/c1-2-15-16(21)25-17(24-15)19(27)23-12-5-9-3-4-11(6-10(9)7-12)22-18(26)13-8-14(13)20(28)29/h3-4,6,12-14H,2,5,7-8H2,1H3,(H,22,26)(H,23,27)(H,24,25)(H,28,29). The van der Waals surface area contributed by atoms with Gasteiger partial charge in [0.1, 0.15) is 0 Å². The van der Waals surface area contributed by atoms with E-state index in [-0.39, 0.29) is 23.7 Å². The van der Waals surface area contributed by atoms with Crippen LogP contribution in [0.2, 0.25) is 5.15 Å². The lowest BCUT2D eigenvalue weighted by molar-refractivity contribution is -0.139. The van der Waals surface area contributed by atoms with Crippen LogP contribution >= 0.6 is 11.6 Å². The monoisotopic (exact) mass is 416 g/mol. The van der Waals surface area contributed by atoms with Gasteiger partial charge in [-0.1, -0.05) is 24.6 Å². The van der Waals surface area contributed by atoms with Crippen LogP contribution in [-0.2, 0) is 28.9 Å². The fraction of sp³-hybridized carbons (Fsp3) is 0.400. The van der Waals surface area contributed by atoms with Crippen molar-refractivity contribution in [2.24, 2.45) is 11.8 Å². The number of halogens is 1. The van der Waals surface area contributed by atoms with Gasteiger partial charge in [-0.05, 0) is 48.9 Å². The molecule has 0 aliphatic heterocycles. The Balaban J connectivity index is 1.36. The SMILES string of the molecule is CCc1[nH]c(C(=O)NC2Cc3ccc(NC(=O)C4CC4C(=O)O)cc3C2)nc1Cl. The van der Waals surface area contributed by atoms with Gasteiger partial charge in [-0.3, -0.25) is 14.4 Å². The Bertz CT molecular complexity index is 1000. The first kappa shape index (κ1) is 19.4. The average Bonchev–Trinajstić information content (AvgIpc) is 3.27. The summed E-state index contributed by atoms with van der Waals surface area (Å²) >= 11 is 6.00. The Hall–Kier alpha value is -2.87. The zero-order valence-electron chi connectivity index (χ0n) is 15.8. The molecule has 0 radical (unpaired) electrons. The van der Waals surface area contributed by atoms with Crippen LogP contribution in [0.15, 0.2) is 18.2 Å². The van der Waals surface area contributed by atoms with E-state index in [1.807, 2.05) is 19.1 Å². The topological polar surface area (TPSA) is 124 Å². The Morgan fingerprint density at radius 1 is 1.24 bits per heavy atom.